The number of ether oxygens (including phenoxy) is 1. The third kappa shape index (κ3) is 5.72. The van der Waals surface area contributed by atoms with E-state index >= 15 is 0 Å². The van der Waals surface area contributed by atoms with Crippen LogP contribution in [0.15, 0.2) is 53.4 Å². The number of carbonyl (C=O) groups is 1. The molecule has 1 atom stereocenters. The summed E-state index contributed by atoms with van der Waals surface area (Å²) >= 11 is 5.76. The molecule has 0 fully saturated rings. The normalized spacial score (nSPS) is 12.4. The van der Waals surface area contributed by atoms with E-state index in [4.69, 9.17) is 16.3 Å². The maximum absolute atomic E-state index is 12.3. The van der Waals surface area contributed by atoms with Crippen LogP contribution < -0.4 is 14.8 Å². The number of rotatable bonds is 8. The minimum atomic E-state index is -3.79. The molecule has 0 aliphatic carbocycles. The second-order valence-electron chi connectivity index (χ2n) is 5.69. The zero-order valence-electron chi connectivity index (χ0n) is 14.5. The number of methoxy groups -OCH3 is 1. The van der Waals surface area contributed by atoms with E-state index in [0.717, 1.165) is 11.3 Å². The molecular weight excluding hydrogens is 376 g/mol. The number of sulfonamides is 1. The Balaban J connectivity index is 1.85. The molecule has 1 amide bonds. The lowest BCUT2D eigenvalue weighted by Gasteiger charge is -2.14. The molecule has 0 aromatic heterocycles. The average Bonchev–Trinajstić information content (AvgIpc) is 2.62. The van der Waals surface area contributed by atoms with Crippen LogP contribution in [0.3, 0.4) is 0 Å². The van der Waals surface area contributed by atoms with Crippen molar-refractivity contribution in [3.05, 3.63) is 59.1 Å². The molecule has 140 valence electrons. The van der Waals surface area contributed by atoms with Crippen molar-refractivity contribution in [2.45, 2.75) is 24.3 Å². The Hall–Kier alpha value is -2.09. The Bertz CT molecular complexity index is 836. The summed E-state index contributed by atoms with van der Waals surface area (Å²) in [5, 5.41) is 3.16. The Morgan fingerprint density at radius 2 is 1.73 bits per heavy atom. The molecule has 0 aliphatic heterocycles. The third-order valence-electron chi connectivity index (χ3n) is 3.72. The first-order valence-electron chi connectivity index (χ1n) is 8.00. The van der Waals surface area contributed by atoms with E-state index < -0.39 is 22.0 Å². The van der Waals surface area contributed by atoms with Crippen molar-refractivity contribution in [1.29, 1.82) is 0 Å². The summed E-state index contributed by atoms with van der Waals surface area (Å²) < 4.78 is 32.0. The van der Waals surface area contributed by atoms with Crippen molar-refractivity contribution in [3.63, 3.8) is 0 Å². The number of hydrogen-bond donors (Lipinski definition) is 2. The molecule has 0 saturated carbocycles. The third-order valence-corrected chi connectivity index (χ3v) is 5.53. The number of nitrogens with one attached hydrogen (secondary N) is 2. The van der Waals surface area contributed by atoms with Crippen molar-refractivity contribution in [1.82, 2.24) is 10.0 Å². The number of benzene rings is 2. The predicted molar refractivity (Wildman–Crippen MR) is 101 cm³/mol. The van der Waals surface area contributed by atoms with Gasteiger partial charge >= 0.3 is 0 Å². The van der Waals surface area contributed by atoms with Gasteiger partial charge in [0.05, 0.1) is 18.0 Å². The van der Waals surface area contributed by atoms with Crippen molar-refractivity contribution < 1.29 is 17.9 Å². The molecule has 0 spiro atoms. The Morgan fingerprint density at radius 1 is 1.12 bits per heavy atom. The molecule has 2 aromatic rings. The topological polar surface area (TPSA) is 84.5 Å². The molecular formula is C18H21ClN2O4S. The Kier molecular flexibility index (Phi) is 7.02. The van der Waals surface area contributed by atoms with Crippen molar-refractivity contribution >= 4 is 27.5 Å². The molecule has 0 unspecified atom stereocenters. The molecule has 8 heteroatoms. The second-order valence-corrected chi connectivity index (χ2v) is 7.84. The van der Waals surface area contributed by atoms with Gasteiger partial charge in [-0.05, 0) is 55.3 Å². The summed E-state index contributed by atoms with van der Waals surface area (Å²) in [7, 11) is -2.19. The second kappa shape index (κ2) is 9.02. The lowest BCUT2D eigenvalue weighted by molar-refractivity contribution is -0.122. The zero-order chi connectivity index (χ0) is 19.2. The maximum atomic E-state index is 12.3. The van der Waals surface area contributed by atoms with Crippen molar-refractivity contribution in [3.8, 4) is 5.75 Å². The lowest BCUT2D eigenvalue weighted by Crippen LogP contribution is -2.45. The van der Waals surface area contributed by atoms with Crippen LogP contribution in [0.1, 0.15) is 12.5 Å². The molecule has 26 heavy (non-hydrogen) atoms. The van der Waals surface area contributed by atoms with Gasteiger partial charge in [0.1, 0.15) is 5.75 Å². The molecule has 2 N–H and O–H groups in total. The largest absolute Gasteiger partial charge is 0.497 e. The first-order chi connectivity index (χ1) is 12.3. The van der Waals surface area contributed by atoms with Crippen LogP contribution in [-0.4, -0.2) is 34.0 Å². The van der Waals surface area contributed by atoms with Crippen molar-refractivity contribution in [2.24, 2.45) is 0 Å². The van der Waals surface area contributed by atoms with Crippen LogP contribution in [0.4, 0.5) is 0 Å². The fourth-order valence-corrected chi connectivity index (χ4v) is 3.57. The first kappa shape index (κ1) is 20.2. The molecule has 2 aromatic carbocycles. The summed E-state index contributed by atoms with van der Waals surface area (Å²) in [6, 6.07) is 12.4. The fourth-order valence-electron chi connectivity index (χ4n) is 2.24. The van der Waals surface area contributed by atoms with Gasteiger partial charge in [-0.1, -0.05) is 23.7 Å². The monoisotopic (exact) mass is 396 g/mol. The van der Waals surface area contributed by atoms with Gasteiger partial charge in [0, 0.05) is 11.6 Å². The Morgan fingerprint density at radius 3 is 2.31 bits per heavy atom. The maximum Gasteiger partial charge on any atom is 0.241 e. The minimum Gasteiger partial charge on any atom is -0.497 e. The number of amides is 1. The lowest BCUT2D eigenvalue weighted by atomic mass is 10.1. The summed E-state index contributed by atoms with van der Waals surface area (Å²) in [5.41, 5.74) is 1.04. The van der Waals surface area contributed by atoms with Gasteiger partial charge in [0.15, 0.2) is 0 Å². The van der Waals surface area contributed by atoms with Gasteiger partial charge in [-0.2, -0.15) is 4.72 Å². The van der Waals surface area contributed by atoms with Crippen LogP contribution in [0, 0.1) is 0 Å². The smallest absolute Gasteiger partial charge is 0.241 e. The van der Waals surface area contributed by atoms with Crippen LogP contribution in [0.5, 0.6) is 5.75 Å². The summed E-state index contributed by atoms with van der Waals surface area (Å²) in [6.45, 7) is 1.90. The molecule has 0 saturated heterocycles. The van der Waals surface area contributed by atoms with E-state index in [0.29, 0.717) is 18.0 Å². The number of hydrogen-bond acceptors (Lipinski definition) is 4. The van der Waals surface area contributed by atoms with Gasteiger partial charge in [0.25, 0.3) is 0 Å². The minimum absolute atomic E-state index is 0.0554. The van der Waals surface area contributed by atoms with Gasteiger partial charge in [0.2, 0.25) is 15.9 Å². The fraction of sp³-hybridized carbons (Fsp3) is 0.278. The van der Waals surface area contributed by atoms with Gasteiger partial charge < -0.3 is 10.1 Å². The Labute approximate surface area is 158 Å². The average molecular weight is 397 g/mol. The number of halogens is 1. The molecule has 0 aliphatic rings. The zero-order valence-corrected chi connectivity index (χ0v) is 16.1. The highest BCUT2D eigenvalue weighted by Crippen LogP contribution is 2.14. The quantitative estimate of drug-likeness (QED) is 0.717. The van der Waals surface area contributed by atoms with Crippen molar-refractivity contribution in [2.75, 3.05) is 13.7 Å². The van der Waals surface area contributed by atoms with Gasteiger partial charge in [-0.3, -0.25) is 4.79 Å². The summed E-state index contributed by atoms with van der Waals surface area (Å²) in [4.78, 5) is 12.2. The molecule has 2 rings (SSSR count). The van der Waals surface area contributed by atoms with Gasteiger partial charge in [-0.15, -0.1) is 0 Å². The van der Waals surface area contributed by atoms with E-state index in [1.807, 2.05) is 24.3 Å². The van der Waals surface area contributed by atoms with Crippen LogP contribution >= 0.6 is 11.6 Å². The standard InChI is InChI=1S/C18H21ClN2O4S/c1-13(21-26(23,24)17-9-5-15(19)6-10-17)18(22)20-12-11-14-3-7-16(25-2)8-4-14/h3-10,13,21H,11-12H2,1-2H3,(H,20,22)/t13-/m1/s1. The van der Waals surface area contributed by atoms with Crippen LogP contribution in [-0.2, 0) is 21.2 Å². The molecule has 0 bridgehead atoms. The highest BCUT2D eigenvalue weighted by atomic mass is 35.5. The highest BCUT2D eigenvalue weighted by Gasteiger charge is 2.21. The van der Waals surface area contributed by atoms with E-state index in [-0.39, 0.29) is 4.90 Å². The number of carbonyl (C=O) groups excluding carboxylic acids is 1. The molecule has 6 nitrogen and oxygen atoms in total. The molecule has 0 radical (unpaired) electrons. The summed E-state index contributed by atoms with van der Waals surface area (Å²) in [6.07, 6.45) is 0.631. The highest BCUT2D eigenvalue weighted by molar-refractivity contribution is 7.89. The first-order valence-corrected chi connectivity index (χ1v) is 9.86. The predicted octanol–water partition coefficient (Wildman–Crippen LogP) is 2.37. The van der Waals surface area contributed by atoms with E-state index in [1.165, 1.54) is 31.2 Å². The van der Waals surface area contributed by atoms with E-state index in [1.54, 1.807) is 7.11 Å². The van der Waals surface area contributed by atoms with Crippen LogP contribution in [0.2, 0.25) is 5.02 Å². The SMILES string of the molecule is COc1ccc(CCNC(=O)[C@@H](C)NS(=O)(=O)c2ccc(Cl)cc2)cc1. The molecule has 0 heterocycles. The van der Waals surface area contributed by atoms with Crippen LogP contribution in [0.25, 0.3) is 0 Å². The van der Waals surface area contributed by atoms with E-state index in [2.05, 4.69) is 10.0 Å². The van der Waals surface area contributed by atoms with E-state index in [9.17, 15) is 13.2 Å². The summed E-state index contributed by atoms with van der Waals surface area (Å²) in [5.74, 6) is 0.374. The van der Waals surface area contributed by atoms with Gasteiger partial charge in [-0.25, -0.2) is 8.42 Å².